The number of carbonyl (C=O) groups is 1. The van der Waals surface area contributed by atoms with E-state index in [0.717, 1.165) is 30.6 Å². The maximum absolute atomic E-state index is 12.0. The molecule has 21 heavy (non-hydrogen) atoms. The number of benzene rings is 1. The molecule has 0 bridgehead atoms. The minimum Gasteiger partial charge on any atom is -0.356 e. The quantitative estimate of drug-likeness (QED) is 0.751. The van der Waals surface area contributed by atoms with E-state index in [9.17, 15) is 4.79 Å². The number of nitrogens with zero attached hydrogens (tertiary/aromatic N) is 1. The minimum absolute atomic E-state index is 0.0922. The molecule has 0 aromatic heterocycles. The molecular formula is C17H27N3O. The lowest BCUT2D eigenvalue weighted by Gasteiger charge is -2.26. The molecule has 1 aliphatic rings. The molecule has 116 valence electrons. The van der Waals surface area contributed by atoms with Crippen molar-refractivity contribution in [2.45, 2.75) is 38.6 Å². The molecule has 0 spiro atoms. The first-order valence-electron chi connectivity index (χ1n) is 8.05. The zero-order valence-corrected chi connectivity index (χ0v) is 12.8. The van der Waals surface area contributed by atoms with Gasteiger partial charge in [0, 0.05) is 13.1 Å². The normalized spacial score (nSPS) is 15.9. The van der Waals surface area contributed by atoms with Crippen LogP contribution in [-0.2, 0) is 17.8 Å². The second kappa shape index (κ2) is 8.80. The first-order chi connectivity index (χ1) is 10.3. The van der Waals surface area contributed by atoms with Crippen molar-refractivity contribution in [2.75, 3.05) is 26.2 Å². The van der Waals surface area contributed by atoms with Gasteiger partial charge < -0.3 is 16.0 Å². The summed E-state index contributed by atoms with van der Waals surface area (Å²) >= 11 is 0. The highest BCUT2D eigenvalue weighted by Crippen LogP contribution is 2.09. The van der Waals surface area contributed by atoms with Gasteiger partial charge in [0.25, 0.3) is 0 Å². The summed E-state index contributed by atoms with van der Waals surface area (Å²) in [4.78, 5) is 14.5. The van der Waals surface area contributed by atoms with Crippen molar-refractivity contribution in [3.8, 4) is 0 Å². The molecule has 4 nitrogen and oxygen atoms in total. The van der Waals surface area contributed by atoms with Crippen LogP contribution in [0.1, 0.15) is 36.8 Å². The van der Waals surface area contributed by atoms with E-state index in [4.69, 9.17) is 5.73 Å². The lowest BCUT2D eigenvalue weighted by molar-refractivity contribution is -0.120. The number of piperidine rings is 1. The second-order valence-corrected chi connectivity index (χ2v) is 5.76. The van der Waals surface area contributed by atoms with Crippen LogP contribution in [0.3, 0.4) is 0 Å². The van der Waals surface area contributed by atoms with Crippen LogP contribution in [0, 0.1) is 0 Å². The molecule has 0 saturated carbocycles. The molecule has 0 atom stereocenters. The maximum Gasteiger partial charge on any atom is 0.224 e. The molecule has 1 fully saturated rings. The molecule has 0 aliphatic carbocycles. The minimum atomic E-state index is 0.0922. The van der Waals surface area contributed by atoms with Crippen molar-refractivity contribution in [3.63, 3.8) is 0 Å². The van der Waals surface area contributed by atoms with Gasteiger partial charge in [0.1, 0.15) is 0 Å². The molecule has 1 heterocycles. The molecule has 1 aliphatic heterocycles. The smallest absolute Gasteiger partial charge is 0.224 e. The fourth-order valence-corrected chi connectivity index (χ4v) is 2.88. The number of amides is 1. The van der Waals surface area contributed by atoms with Crippen molar-refractivity contribution >= 4 is 5.91 Å². The molecule has 1 amide bonds. The average molecular weight is 289 g/mol. The van der Waals surface area contributed by atoms with Crippen LogP contribution in [-0.4, -0.2) is 37.0 Å². The SMILES string of the molecule is NCc1ccccc1CC(=O)NCCCN1CCCCC1. The Hall–Kier alpha value is -1.39. The molecule has 2 rings (SSSR count). The van der Waals surface area contributed by atoms with Gasteiger partial charge >= 0.3 is 0 Å². The summed E-state index contributed by atoms with van der Waals surface area (Å²) in [7, 11) is 0. The molecule has 1 aromatic rings. The summed E-state index contributed by atoms with van der Waals surface area (Å²) in [6, 6.07) is 7.88. The molecule has 0 radical (unpaired) electrons. The predicted molar refractivity (Wildman–Crippen MR) is 86.0 cm³/mol. The number of nitrogens with two attached hydrogens (primary N) is 1. The Labute approximate surface area is 127 Å². The summed E-state index contributed by atoms with van der Waals surface area (Å²) in [6.07, 6.45) is 5.47. The van der Waals surface area contributed by atoms with E-state index < -0.39 is 0 Å². The third kappa shape index (κ3) is 5.48. The highest BCUT2D eigenvalue weighted by Gasteiger charge is 2.10. The van der Waals surface area contributed by atoms with Crippen LogP contribution in [0.5, 0.6) is 0 Å². The Kier molecular flexibility index (Phi) is 6.70. The van der Waals surface area contributed by atoms with Crippen LogP contribution in [0.2, 0.25) is 0 Å². The Balaban J connectivity index is 1.65. The topological polar surface area (TPSA) is 58.4 Å². The predicted octanol–water partition coefficient (Wildman–Crippen LogP) is 1.68. The van der Waals surface area contributed by atoms with Gasteiger partial charge in [0.05, 0.1) is 6.42 Å². The first-order valence-corrected chi connectivity index (χ1v) is 8.05. The Morgan fingerprint density at radius 1 is 1.14 bits per heavy atom. The summed E-state index contributed by atoms with van der Waals surface area (Å²) in [6.45, 7) is 4.79. The standard InChI is InChI=1S/C17H27N3O/c18-14-16-8-3-2-7-15(16)13-17(21)19-9-6-12-20-10-4-1-5-11-20/h2-3,7-8H,1,4-6,9-14,18H2,(H,19,21). The van der Waals surface area contributed by atoms with Crippen LogP contribution >= 0.6 is 0 Å². The van der Waals surface area contributed by atoms with Gasteiger partial charge in [-0.05, 0) is 50.0 Å². The van der Waals surface area contributed by atoms with Crippen molar-refractivity contribution < 1.29 is 4.79 Å². The largest absolute Gasteiger partial charge is 0.356 e. The van der Waals surface area contributed by atoms with E-state index >= 15 is 0 Å². The maximum atomic E-state index is 12.0. The van der Waals surface area contributed by atoms with Crippen molar-refractivity contribution in [1.82, 2.24) is 10.2 Å². The summed E-state index contributed by atoms with van der Waals surface area (Å²) in [5, 5.41) is 3.02. The van der Waals surface area contributed by atoms with Gasteiger partial charge in [-0.25, -0.2) is 0 Å². The first kappa shape index (κ1) is 16.0. The fourth-order valence-electron chi connectivity index (χ4n) is 2.88. The van der Waals surface area contributed by atoms with Crippen LogP contribution in [0.4, 0.5) is 0 Å². The number of carbonyl (C=O) groups excluding carboxylic acids is 1. The highest BCUT2D eigenvalue weighted by atomic mass is 16.1. The van der Waals surface area contributed by atoms with Crippen molar-refractivity contribution in [2.24, 2.45) is 5.73 Å². The van der Waals surface area contributed by atoms with Crippen molar-refractivity contribution in [3.05, 3.63) is 35.4 Å². The van der Waals surface area contributed by atoms with Crippen LogP contribution in [0.25, 0.3) is 0 Å². The number of hydrogen-bond acceptors (Lipinski definition) is 3. The van der Waals surface area contributed by atoms with Gasteiger partial charge in [-0.3, -0.25) is 4.79 Å². The van der Waals surface area contributed by atoms with Crippen LogP contribution < -0.4 is 11.1 Å². The molecule has 4 heteroatoms. The second-order valence-electron chi connectivity index (χ2n) is 5.76. The number of nitrogens with one attached hydrogen (secondary N) is 1. The summed E-state index contributed by atoms with van der Waals surface area (Å²) in [5.74, 6) is 0.0922. The lowest BCUT2D eigenvalue weighted by Crippen LogP contribution is -2.33. The van der Waals surface area contributed by atoms with Gasteiger partial charge in [0.2, 0.25) is 5.91 Å². The number of likely N-dealkylation sites (tertiary alicyclic amines) is 1. The molecule has 1 aromatic carbocycles. The monoisotopic (exact) mass is 289 g/mol. The third-order valence-electron chi connectivity index (χ3n) is 4.11. The number of rotatable bonds is 7. The zero-order valence-electron chi connectivity index (χ0n) is 12.8. The van der Waals surface area contributed by atoms with E-state index in [2.05, 4.69) is 10.2 Å². The van der Waals surface area contributed by atoms with Crippen molar-refractivity contribution in [1.29, 1.82) is 0 Å². The Morgan fingerprint density at radius 3 is 2.57 bits per heavy atom. The molecule has 1 saturated heterocycles. The van der Waals surface area contributed by atoms with E-state index in [-0.39, 0.29) is 5.91 Å². The molecule has 0 unspecified atom stereocenters. The summed E-state index contributed by atoms with van der Waals surface area (Å²) < 4.78 is 0. The van der Waals surface area contributed by atoms with Crippen LogP contribution in [0.15, 0.2) is 24.3 Å². The van der Waals surface area contributed by atoms with E-state index in [0.29, 0.717) is 13.0 Å². The molecule has 3 N–H and O–H groups in total. The molecular weight excluding hydrogens is 262 g/mol. The van der Waals surface area contributed by atoms with E-state index in [1.807, 2.05) is 24.3 Å². The Bertz CT molecular complexity index is 441. The van der Waals surface area contributed by atoms with Gasteiger partial charge in [-0.1, -0.05) is 30.7 Å². The lowest BCUT2D eigenvalue weighted by atomic mass is 10.0. The highest BCUT2D eigenvalue weighted by molar-refractivity contribution is 5.78. The zero-order chi connectivity index (χ0) is 14.9. The van der Waals surface area contributed by atoms with E-state index in [1.165, 1.54) is 32.4 Å². The summed E-state index contributed by atoms with van der Waals surface area (Å²) in [5.41, 5.74) is 7.79. The van der Waals surface area contributed by atoms with Gasteiger partial charge in [-0.2, -0.15) is 0 Å². The van der Waals surface area contributed by atoms with Gasteiger partial charge in [-0.15, -0.1) is 0 Å². The fraction of sp³-hybridized carbons (Fsp3) is 0.588. The third-order valence-corrected chi connectivity index (χ3v) is 4.11. The Morgan fingerprint density at radius 2 is 1.86 bits per heavy atom. The number of hydrogen-bond donors (Lipinski definition) is 2. The van der Waals surface area contributed by atoms with Gasteiger partial charge in [0.15, 0.2) is 0 Å². The average Bonchev–Trinajstić information content (AvgIpc) is 2.53. The van der Waals surface area contributed by atoms with E-state index in [1.54, 1.807) is 0 Å².